The molecule has 0 radical (unpaired) electrons. The Balaban J connectivity index is 1.59. The summed E-state index contributed by atoms with van der Waals surface area (Å²) < 4.78 is 27.4. The van der Waals surface area contributed by atoms with Crippen molar-refractivity contribution in [2.24, 2.45) is 5.92 Å². The SMILES string of the molecule is CN1CC[C@@]23CCCC[C@@H]2[C@@H]1Cc1cc(N2CCC(F)(F)C2)c(O)cc13. The average molecular weight is 362 g/mol. The lowest BCUT2D eigenvalue weighted by Crippen LogP contribution is -2.59. The minimum Gasteiger partial charge on any atom is -0.506 e. The molecule has 26 heavy (non-hydrogen) atoms. The van der Waals surface area contributed by atoms with Crippen LogP contribution in [0.1, 0.15) is 49.7 Å². The highest BCUT2D eigenvalue weighted by molar-refractivity contribution is 5.64. The number of halogens is 2. The molecule has 3 atom stereocenters. The van der Waals surface area contributed by atoms with Gasteiger partial charge in [-0.3, -0.25) is 0 Å². The van der Waals surface area contributed by atoms with Gasteiger partial charge in [0.2, 0.25) is 0 Å². The topological polar surface area (TPSA) is 26.7 Å². The molecule has 2 saturated heterocycles. The van der Waals surface area contributed by atoms with Crippen LogP contribution in [-0.2, 0) is 11.8 Å². The molecule has 1 aromatic rings. The van der Waals surface area contributed by atoms with Gasteiger partial charge >= 0.3 is 0 Å². The molecule has 3 nitrogen and oxygen atoms in total. The summed E-state index contributed by atoms with van der Waals surface area (Å²) in [5.41, 5.74) is 3.39. The number of rotatable bonds is 1. The minimum absolute atomic E-state index is 0.124. The fraction of sp³-hybridized carbons (Fsp3) is 0.714. The van der Waals surface area contributed by atoms with Gasteiger partial charge in [-0.1, -0.05) is 12.8 Å². The monoisotopic (exact) mass is 362 g/mol. The van der Waals surface area contributed by atoms with Crippen LogP contribution >= 0.6 is 0 Å². The summed E-state index contributed by atoms with van der Waals surface area (Å²) >= 11 is 0. The molecule has 2 aliphatic carbocycles. The van der Waals surface area contributed by atoms with Crippen molar-refractivity contribution in [3.63, 3.8) is 0 Å². The highest BCUT2D eigenvalue weighted by Gasteiger charge is 2.53. The molecule has 1 saturated carbocycles. The zero-order valence-corrected chi connectivity index (χ0v) is 15.5. The number of phenols is 1. The van der Waals surface area contributed by atoms with Crippen LogP contribution in [0.4, 0.5) is 14.5 Å². The molecule has 1 N–H and O–H groups in total. The molecule has 0 spiro atoms. The summed E-state index contributed by atoms with van der Waals surface area (Å²) in [4.78, 5) is 4.17. The van der Waals surface area contributed by atoms with Crippen molar-refractivity contribution in [1.29, 1.82) is 0 Å². The van der Waals surface area contributed by atoms with Crippen molar-refractivity contribution < 1.29 is 13.9 Å². The zero-order chi connectivity index (χ0) is 18.1. The second-order valence-electron chi connectivity index (χ2n) is 9.04. The number of phenolic OH excluding ortho intramolecular Hbond substituents is 1. The Hall–Kier alpha value is -1.36. The van der Waals surface area contributed by atoms with Gasteiger partial charge in [-0.25, -0.2) is 8.78 Å². The second kappa shape index (κ2) is 5.57. The van der Waals surface area contributed by atoms with Gasteiger partial charge in [0.05, 0.1) is 12.2 Å². The van der Waals surface area contributed by atoms with Gasteiger partial charge in [-0.2, -0.15) is 0 Å². The molecule has 0 amide bonds. The van der Waals surface area contributed by atoms with Gasteiger partial charge in [-0.15, -0.1) is 0 Å². The summed E-state index contributed by atoms with van der Waals surface area (Å²) in [6, 6.07) is 4.53. The van der Waals surface area contributed by atoms with Crippen LogP contribution in [0.25, 0.3) is 0 Å². The number of alkyl halides is 2. The summed E-state index contributed by atoms with van der Waals surface area (Å²) in [6.07, 6.45) is 7.05. The van der Waals surface area contributed by atoms with E-state index >= 15 is 0 Å². The molecule has 4 aliphatic rings. The minimum atomic E-state index is -2.65. The molecule has 0 aromatic heterocycles. The molecule has 5 heteroatoms. The lowest BCUT2D eigenvalue weighted by molar-refractivity contribution is 0.00274. The predicted molar refractivity (Wildman–Crippen MR) is 98.3 cm³/mol. The number of anilines is 1. The van der Waals surface area contributed by atoms with Gasteiger partial charge in [0.15, 0.2) is 0 Å². The predicted octanol–water partition coefficient (Wildman–Crippen LogP) is 3.93. The molecule has 1 aromatic carbocycles. The van der Waals surface area contributed by atoms with Crippen LogP contribution in [0.15, 0.2) is 12.1 Å². The first-order valence-corrected chi connectivity index (χ1v) is 10.1. The van der Waals surface area contributed by atoms with Crippen molar-refractivity contribution in [3.05, 3.63) is 23.3 Å². The Kier molecular flexibility index (Phi) is 3.60. The first-order chi connectivity index (χ1) is 12.4. The number of piperidine rings is 1. The number of hydrogen-bond acceptors (Lipinski definition) is 3. The Morgan fingerprint density at radius 3 is 2.73 bits per heavy atom. The summed E-state index contributed by atoms with van der Waals surface area (Å²) in [5, 5.41) is 10.7. The van der Waals surface area contributed by atoms with E-state index in [0.29, 0.717) is 24.2 Å². The molecular weight excluding hydrogens is 334 g/mol. The van der Waals surface area contributed by atoms with Gasteiger partial charge in [0.25, 0.3) is 5.92 Å². The van der Waals surface area contributed by atoms with Crippen molar-refractivity contribution in [2.75, 3.05) is 31.6 Å². The van der Waals surface area contributed by atoms with E-state index in [2.05, 4.69) is 11.9 Å². The largest absolute Gasteiger partial charge is 0.506 e. The van der Waals surface area contributed by atoms with Crippen LogP contribution in [0.3, 0.4) is 0 Å². The maximum Gasteiger partial charge on any atom is 0.266 e. The zero-order valence-electron chi connectivity index (χ0n) is 15.5. The lowest BCUT2D eigenvalue weighted by Gasteiger charge is -2.58. The first kappa shape index (κ1) is 16.8. The maximum absolute atomic E-state index is 13.7. The third-order valence-electron chi connectivity index (χ3n) is 7.72. The number of aromatic hydroxyl groups is 1. The van der Waals surface area contributed by atoms with Crippen molar-refractivity contribution in [2.45, 2.75) is 62.3 Å². The molecule has 0 unspecified atom stereocenters. The third kappa shape index (κ3) is 2.32. The molecule has 142 valence electrons. The fourth-order valence-corrected chi connectivity index (χ4v) is 6.43. The fourth-order valence-electron chi connectivity index (χ4n) is 6.43. The number of fused-ring (bicyclic) bond motifs is 1. The number of nitrogens with zero attached hydrogens (tertiary/aromatic N) is 2. The number of likely N-dealkylation sites (N-methyl/N-ethyl adjacent to an activating group) is 1. The molecule has 2 aliphatic heterocycles. The molecule has 3 fully saturated rings. The van der Waals surface area contributed by atoms with Gasteiger partial charge in [0, 0.05) is 24.4 Å². The van der Waals surface area contributed by atoms with E-state index in [9.17, 15) is 13.9 Å². The van der Waals surface area contributed by atoms with Gasteiger partial charge in [0.1, 0.15) is 5.75 Å². The normalized spacial score (nSPS) is 35.9. The van der Waals surface area contributed by atoms with E-state index in [4.69, 9.17) is 0 Å². The van der Waals surface area contributed by atoms with Crippen molar-refractivity contribution in [1.82, 2.24) is 4.90 Å². The average Bonchev–Trinajstić information content (AvgIpc) is 2.98. The molecule has 2 heterocycles. The Labute approximate surface area is 154 Å². The van der Waals surface area contributed by atoms with Crippen LogP contribution in [-0.4, -0.2) is 48.7 Å². The van der Waals surface area contributed by atoms with Gasteiger partial charge < -0.3 is 14.9 Å². The lowest BCUT2D eigenvalue weighted by atomic mass is 9.52. The van der Waals surface area contributed by atoms with Gasteiger partial charge in [-0.05, 0) is 68.5 Å². The summed E-state index contributed by atoms with van der Waals surface area (Å²) in [6.45, 7) is 1.15. The van der Waals surface area contributed by atoms with E-state index in [1.54, 1.807) is 4.90 Å². The van der Waals surface area contributed by atoms with Crippen molar-refractivity contribution in [3.8, 4) is 5.75 Å². The Bertz CT molecular complexity index is 737. The van der Waals surface area contributed by atoms with Crippen LogP contribution < -0.4 is 4.90 Å². The Morgan fingerprint density at radius 1 is 1.12 bits per heavy atom. The van der Waals surface area contributed by atoms with E-state index in [1.165, 1.54) is 36.8 Å². The van der Waals surface area contributed by atoms with E-state index in [-0.39, 0.29) is 24.1 Å². The smallest absolute Gasteiger partial charge is 0.266 e. The van der Waals surface area contributed by atoms with Crippen LogP contribution in [0.2, 0.25) is 0 Å². The second-order valence-corrected chi connectivity index (χ2v) is 9.04. The number of hydrogen-bond donors (Lipinski definition) is 1. The highest BCUT2D eigenvalue weighted by Crippen LogP contribution is 2.57. The Morgan fingerprint density at radius 2 is 1.96 bits per heavy atom. The molecule has 5 rings (SSSR count). The quantitative estimate of drug-likeness (QED) is 0.820. The summed E-state index contributed by atoms with van der Waals surface area (Å²) in [7, 11) is 2.23. The van der Waals surface area contributed by atoms with E-state index in [0.717, 1.165) is 19.4 Å². The third-order valence-corrected chi connectivity index (χ3v) is 7.72. The number of benzene rings is 1. The van der Waals surface area contributed by atoms with Crippen molar-refractivity contribution >= 4 is 5.69 Å². The highest BCUT2D eigenvalue weighted by atomic mass is 19.3. The maximum atomic E-state index is 13.7. The standard InChI is InChI=1S/C21H28F2N2O/c1-24-8-6-20-5-3-2-4-15(20)17(24)10-14-11-18(19(26)12-16(14)20)25-9-7-21(22,23)13-25/h11-12,15,17,26H,2-10,13H2,1H3/t15-,17+,20+/m1/s1. The first-order valence-electron chi connectivity index (χ1n) is 10.1. The van der Waals surface area contributed by atoms with Crippen LogP contribution in [0.5, 0.6) is 5.75 Å². The molecular formula is C21H28F2N2O. The summed E-state index contributed by atoms with van der Waals surface area (Å²) in [5.74, 6) is -1.78. The number of likely N-dealkylation sites (tertiary alicyclic amines) is 1. The van der Waals surface area contributed by atoms with E-state index in [1.807, 2.05) is 12.1 Å². The van der Waals surface area contributed by atoms with E-state index < -0.39 is 5.92 Å². The molecule has 2 bridgehead atoms. The van der Waals surface area contributed by atoms with Crippen LogP contribution in [0, 0.1) is 5.92 Å².